The van der Waals surface area contributed by atoms with E-state index in [-0.39, 0.29) is 17.5 Å². The van der Waals surface area contributed by atoms with E-state index < -0.39 is 5.41 Å². The minimum Gasteiger partial charge on any atom is -0.293 e. The van der Waals surface area contributed by atoms with Crippen molar-refractivity contribution in [3.63, 3.8) is 0 Å². The van der Waals surface area contributed by atoms with Gasteiger partial charge in [0.25, 0.3) is 0 Å². The van der Waals surface area contributed by atoms with Crippen molar-refractivity contribution in [2.75, 3.05) is 0 Å². The third-order valence-electron chi connectivity index (χ3n) is 5.66. The molecule has 2 aliphatic rings. The molecule has 0 saturated heterocycles. The first-order valence-corrected chi connectivity index (χ1v) is 8.55. The van der Waals surface area contributed by atoms with Crippen LogP contribution in [0.4, 0.5) is 0 Å². The highest BCUT2D eigenvalue weighted by atomic mass is 16.2. The summed E-state index contributed by atoms with van der Waals surface area (Å²) in [7, 11) is 0. The molecule has 0 heterocycles. The lowest BCUT2D eigenvalue weighted by atomic mass is 9.71. The van der Waals surface area contributed by atoms with Crippen LogP contribution in [0.2, 0.25) is 0 Å². The summed E-state index contributed by atoms with van der Waals surface area (Å²) in [6, 6.07) is 25.3. The summed E-state index contributed by atoms with van der Waals surface area (Å²) < 4.78 is 0. The Kier molecular flexibility index (Phi) is 2.87. The van der Waals surface area contributed by atoms with Gasteiger partial charge in [0, 0.05) is 17.0 Å². The van der Waals surface area contributed by atoms with Crippen LogP contribution < -0.4 is 0 Å². The van der Waals surface area contributed by atoms with E-state index in [9.17, 15) is 9.59 Å². The summed E-state index contributed by atoms with van der Waals surface area (Å²) >= 11 is 0. The van der Waals surface area contributed by atoms with Crippen molar-refractivity contribution >= 4 is 11.6 Å². The molecule has 0 saturated carbocycles. The number of benzene rings is 3. The van der Waals surface area contributed by atoms with Crippen LogP contribution in [0.1, 0.15) is 43.3 Å². The summed E-state index contributed by atoms with van der Waals surface area (Å²) in [6.45, 7) is 0. The van der Waals surface area contributed by atoms with Crippen LogP contribution >= 0.6 is 0 Å². The molecule has 0 amide bonds. The molecule has 0 spiro atoms. The molecule has 0 fully saturated rings. The maximum atomic E-state index is 13.5. The summed E-state index contributed by atoms with van der Waals surface area (Å²) in [5.74, 6) is -0.239. The summed E-state index contributed by atoms with van der Waals surface area (Å²) in [6.07, 6.45) is 0.444. The van der Waals surface area contributed by atoms with Gasteiger partial charge in [0.1, 0.15) is 5.41 Å². The van der Waals surface area contributed by atoms with Gasteiger partial charge in [0.05, 0.1) is 0 Å². The van der Waals surface area contributed by atoms with Crippen LogP contribution in [0.25, 0.3) is 0 Å². The summed E-state index contributed by atoms with van der Waals surface area (Å²) in [5, 5.41) is 0. The van der Waals surface area contributed by atoms with Crippen LogP contribution in [0.3, 0.4) is 0 Å². The number of fused-ring (bicyclic) bond motifs is 5. The molecule has 0 bridgehead atoms. The van der Waals surface area contributed by atoms with Crippen LogP contribution in [0.5, 0.6) is 0 Å². The Morgan fingerprint density at radius 1 is 0.640 bits per heavy atom. The van der Waals surface area contributed by atoms with Gasteiger partial charge >= 0.3 is 0 Å². The quantitative estimate of drug-likeness (QED) is 0.653. The van der Waals surface area contributed by atoms with Crippen molar-refractivity contribution in [2.24, 2.45) is 5.41 Å². The van der Waals surface area contributed by atoms with E-state index in [0.29, 0.717) is 17.5 Å². The van der Waals surface area contributed by atoms with Gasteiger partial charge in [-0.1, -0.05) is 78.9 Å². The number of carbonyl (C=O) groups excluding carboxylic acids is 2. The Bertz CT molecular complexity index is 958. The van der Waals surface area contributed by atoms with Crippen LogP contribution in [-0.4, -0.2) is 11.6 Å². The third-order valence-corrected chi connectivity index (χ3v) is 5.66. The molecule has 2 nitrogen and oxygen atoms in total. The van der Waals surface area contributed by atoms with E-state index in [1.807, 2.05) is 78.9 Å². The van der Waals surface area contributed by atoms with Gasteiger partial charge in [0.2, 0.25) is 0 Å². The van der Waals surface area contributed by atoms with E-state index in [2.05, 4.69) is 0 Å². The number of hydrogen-bond donors (Lipinski definition) is 0. The standard InChI is InChI=1S/C23H16O2/c24-21-18-12-6-4-10-16(18)20-17-11-5-7-13-19(17)22(25)23(20,21)14-15-8-2-1-3-9-15/h1-13,20H,14H2. The van der Waals surface area contributed by atoms with Gasteiger partial charge in [-0.05, 0) is 23.1 Å². The van der Waals surface area contributed by atoms with Crippen molar-refractivity contribution in [1.82, 2.24) is 0 Å². The molecule has 2 aliphatic carbocycles. The van der Waals surface area contributed by atoms with E-state index in [1.165, 1.54) is 0 Å². The molecule has 3 aromatic rings. The SMILES string of the molecule is O=C1c2ccccc2C2c3ccccc3C(=O)C12Cc1ccccc1. The highest BCUT2D eigenvalue weighted by Crippen LogP contribution is 2.58. The van der Waals surface area contributed by atoms with E-state index in [4.69, 9.17) is 0 Å². The van der Waals surface area contributed by atoms with E-state index in [0.717, 1.165) is 16.7 Å². The zero-order valence-corrected chi connectivity index (χ0v) is 13.6. The first-order chi connectivity index (χ1) is 12.2. The largest absolute Gasteiger partial charge is 0.293 e. The van der Waals surface area contributed by atoms with Crippen molar-refractivity contribution in [3.05, 3.63) is 107 Å². The van der Waals surface area contributed by atoms with Gasteiger partial charge < -0.3 is 0 Å². The van der Waals surface area contributed by atoms with E-state index >= 15 is 0 Å². The Hall–Kier alpha value is -3.00. The molecule has 0 atom stereocenters. The van der Waals surface area contributed by atoms with Crippen molar-refractivity contribution in [3.8, 4) is 0 Å². The molecular weight excluding hydrogens is 308 g/mol. The monoisotopic (exact) mass is 324 g/mol. The third kappa shape index (κ3) is 1.74. The molecular formula is C23H16O2. The zero-order chi connectivity index (χ0) is 17.0. The average Bonchev–Trinajstić information content (AvgIpc) is 3.06. The number of hydrogen-bond acceptors (Lipinski definition) is 2. The lowest BCUT2D eigenvalue weighted by Crippen LogP contribution is -2.38. The number of Topliss-reactive ketones (excluding diaryl/α,β-unsaturated/α-hetero) is 2. The minimum atomic E-state index is -1.03. The lowest BCUT2D eigenvalue weighted by Gasteiger charge is -2.27. The van der Waals surface area contributed by atoms with Gasteiger partial charge in [-0.25, -0.2) is 0 Å². The maximum absolute atomic E-state index is 13.5. The highest BCUT2D eigenvalue weighted by Gasteiger charge is 2.62. The molecule has 0 aliphatic heterocycles. The fourth-order valence-corrected chi connectivity index (χ4v) is 4.64. The van der Waals surface area contributed by atoms with Gasteiger partial charge in [-0.2, -0.15) is 0 Å². The Morgan fingerprint density at radius 2 is 1.12 bits per heavy atom. The number of rotatable bonds is 2. The fraction of sp³-hybridized carbons (Fsp3) is 0.130. The number of carbonyl (C=O) groups is 2. The summed E-state index contributed by atoms with van der Waals surface area (Å²) in [4.78, 5) is 26.9. The summed E-state index contributed by atoms with van der Waals surface area (Å²) in [5.41, 5.74) is 3.37. The second-order valence-corrected chi connectivity index (χ2v) is 6.90. The molecule has 120 valence electrons. The normalized spacial score (nSPS) is 23.3. The predicted molar refractivity (Wildman–Crippen MR) is 96.0 cm³/mol. The predicted octanol–water partition coefficient (Wildman–Crippen LogP) is 4.44. The Balaban J connectivity index is 1.79. The number of ketones is 2. The molecule has 0 unspecified atom stereocenters. The molecule has 0 aromatic heterocycles. The topological polar surface area (TPSA) is 34.1 Å². The minimum absolute atomic E-state index is 0.0295. The first-order valence-electron chi connectivity index (χ1n) is 8.55. The molecule has 3 aromatic carbocycles. The lowest BCUT2D eigenvalue weighted by molar-refractivity contribution is 0.0685. The van der Waals surface area contributed by atoms with Gasteiger partial charge in [0.15, 0.2) is 11.6 Å². The Morgan fingerprint density at radius 3 is 1.68 bits per heavy atom. The van der Waals surface area contributed by atoms with Crippen LogP contribution in [0.15, 0.2) is 78.9 Å². The molecule has 2 heteroatoms. The van der Waals surface area contributed by atoms with Crippen LogP contribution in [-0.2, 0) is 6.42 Å². The highest BCUT2D eigenvalue weighted by molar-refractivity contribution is 6.26. The van der Waals surface area contributed by atoms with Crippen molar-refractivity contribution < 1.29 is 9.59 Å². The molecule has 25 heavy (non-hydrogen) atoms. The second kappa shape index (κ2) is 5.00. The van der Waals surface area contributed by atoms with Gasteiger partial charge in [-0.15, -0.1) is 0 Å². The first kappa shape index (κ1) is 14.4. The second-order valence-electron chi connectivity index (χ2n) is 6.90. The van der Waals surface area contributed by atoms with Crippen molar-refractivity contribution in [2.45, 2.75) is 12.3 Å². The van der Waals surface area contributed by atoms with E-state index in [1.54, 1.807) is 0 Å². The zero-order valence-electron chi connectivity index (χ0n) is 13.6. The molecule has 5 rings (SSSR count). The van der Waals surface area contributed by atoms with Gasteiger partial charge in [-0.3, -0.25) is 9.59 Å². The van der Waals surface area contributed by atoms with Crippen LogP contribution in [0, 0.1) is 5.41 Å². The van der Waals surface area contributed by atoms with Crippen molar-refractivity contribution in [1.29, 1.82) is 0 Å². The molecule has 0 N–H and O–H groups in total. The Labute approximate surface area is 146 Å². The molecule has 0 radical (unpaired) electrons. The average molecular weight is 324 g/mol. The fourth-order valence-electron chi connectivity index (χ4n) is 4.64. The smallest absolute Gasteiger partial charge is 0.178 e. The maximum Gasteiger partial charge on any atom is 0.178 e.